The van der Waals surface area contributed by atoms with Crippen LogP contribution in [-0.2, 0) is 17.8 Å². The van der Waals surface area contributed by atoms with E-state index in [2.05, 4.69) is 11.9 Å². The van der Waals surface area contributed by atoms with Gasteiger partial charge in [-0.05, 0) is 61.1 Å². The van der Waals surface area contributed by atoms with Crippen LogP contribution in [0.5, 0.6) is 5.75 Å². The molecule has 0 radical (unpaired) electrons. The van der Waals surface area contributed by atoms with Crippen molar-refractivity contribution >= 4 is 23.5 Å². The lowest BCUT2D eigenvalue weighted by atomic mass is 9.96. The number of methoxy groups -OCH3 is 1. The molecule has 200 valence electrons. The lowest BCUT2D eigenvalue weighted by Gasteiger charge is -2.29. The number of fused-ring (bicyclic) bond motifs is 1. The first-order valence-electron chi connectivity index (χ1n) is 13.0. The smallest absolute Gasteiger partial charge is 0.259 e. The van der Waals surface area contributed by atoms with Gasteiger partial charge in [0.15, 0.2) is 0 Å². The Morgan fingerprint density at radius 3 is 2.54 bits per heavy atom. The first kappa shape index (κ1) is 29.5. The fourth-order valence-corrected chi connectivity index (χ4v) is 4.29. The number of benzene rings is 1. The third-order valence-corrected chi connectivity index (χ3v) is 6.28. The van der Waals surface area contributed by atoms with Crippen molar-refractivity contribution in [2.75, 3.05) is 20.2 Å². The number of carbonyl (C=O) groups is 2. The molecule has 2 heterocycles. The maximum absolute atomic E-state index is 13.0. The van der Waals surface area contributed by atoms with Gasteiger partial charge in [-0.3, -0.25) is 20.4 Å². The summed E-state index contributed by atoms with van der Waals surface area (Å²) in [5.41, 5.74) is 3.57. The zero-order valence-corrected chi connectivity index (χ0v) is 22.9. The van der Waals surface area contributed by atoms with Gasteiger partial charge in [-0.2, -0.15) is 0 Å². The van der Waals surface area contributed by atoms with Crippen molar-refractivity contribution in [3.63, 3.8) is 0 Å². The molecule has 1 saturated heterocycles. The van der Waals surface area contributed by atoms with Gasteiger partial charge in [-0.15, -0.1) is 0 Å². The van der Waals surface area contributed by atoms with Gasteiger partial charge in [0.2, 0.25) is 5.91 Å². The van der Waals surface area contributed by atoms with Gasteiger partial charge < -0.3 is 19.9 Å². The molecule has 0 spiro atoms. The van der Waals surface area contributed by atoms with E-state index in [0.29, 0.717) is 61.2 Å². The van der Waals surface area contributed by atoms with Crippen LogP contribution in [0.2, 0.25) is 0 Å². The van der Waals surface area contributed by atoms with Crippen LogP contribution in [-0.4, -0.2) is 53.5 Å². The van der Waals surface area contributed by atoms with E-state index in [1.165, 1.54) is 7.11 Å². The first-order chi connectivity index (χ1) is 17.7. The van der Waals surface area contributed by atoms with Gasteiger partial charge in [-0.25, -0.2) is 0 Å². The lowest BCUT2D eigenvalue weighted by molar-refractivity contribution is -0.132. The van der Waals surface area contributed by atoms with Crippen molar-refractivity contribution < 1.29 is 14.3 Å². The number of ether oxygens (including phenoxy) is 1. The fourth-order valence-electron chi connectivity index (χ4n) is 4.29. The maximum Gasteiger partial charge on any atom is 0.259 e. The highest BCUT2D eigenvalue weighted by Gasteiger charge is 2.24. The summed E-state index contributed by atoms with van der Waals surface area (Å²) < 4.78 is 5.48. The van der Waals surface area contributed by atoms with Crippen molar-refractivity contribution in [3.8, 4) is 5.75 Å². The van der Waals surface area contributed by atoms with Gasteiger partial charge in [0, 0.05) is 38.2 Å². The Morgan fingerprint density at radius 1 is 1.19 bits per heavy atom. The van der Waals surface area contributed by atoms with Gasteiger partial charge in [0.05, 0.1) is 12.7 Å². The van der Waals surface area contributed by atoms with E-state index in [1.807, 2.05) is 44.7 Å². The van der Waals surface area contributed by atoms with E-state index < -0.39 is 0 Å². The largest absolute Gasteiger partial charge is 0.496 e. The summed E-state index contributed by atoms with van der Waals surface area (Å²) >= 11 is 0. The van der Waals surface area contributed by atoms with Crippen LogP contribution in [0.25, 0.3) is 0 Å². The molecule has 0 aromatic heterocycles. The van der Waals surface area contributed by atoms with Crippen molar-refractivity contribution in [1.82, 2.24) is 15.1 Å². The molecule has 2 amide bonds. The highest BCUT2D eigenvalue weighted by molar-refractivity contribution is 6.07. The molecule has 0 atom stereocenters. The zero-order chi connectivity index (χ0) is 27.5. The van der Waals surface area contributed by atoms with Gasteiger partial charge in [0.1, 0.15) is 17.4 Å². The normalized spacial score (nSPS) is 15.2. The average molecular weight is 508 g/mol. The Bertz CT molecular complexity index is 1100. The quantitative estimate of drug-likeness (QED) is 0.255. The summed E-state index contributed by atoms with van der Waals surface area (Å²) in [5.74, 6) is 1.08. The summed E-state index contributed by atoms with van der Waals surface area (Å²) in [6.45, 7) is 13.6. The lowest BCUT2D eigenvalue weighted by Crippen LogP contribution is -2.36. The summed E-state index contributed by atoms with van der Waals surface area (Å²) in [6, 6.07) is 3.69. The Labute approximate surface area is 221 Å². The molecule has 2 aliphatic heterocycles. The standard InChI is InChI=1S/C27H35N5O3.C2H6/c1-5-8-25(33)31-14-12-20-16-23(35-4)22(15-21(20)17-31)27(34)30-19(3)10-6-9-18(2)26(29)32-13-7-11-24(32)28;1-2/h6,9-10,15-16,28-29H,3,5,7-8,11-14,17H2,1-2,4H3,(H,30,34);1-2H3/b10-6-,18-9+,28-24?,29-26?;. The topological polar surface area (TPSA) is 110 Å². The fraction of sp³-hybridized carbons (Fsp3) is 0.448. The van der Waals surface area contributed by atoms with E-state index in [1.54, 1.807) is 23.1 Å². The van der Waals surface area contributed by atoms with Crippen LogP contribution in [0.1, 0.15) is 74.9 Å². The molecule has 0 saturated carbocycles. The number of rotatable bonds is 8. The van der Waals surface area contributed by atoms with Crippen molar-refractivity contribution in [2.45, 2.75) is 66.3 Å². The van der Waals surface area contributed by atoms with Gasteiger partial charge >= 0.3 is 0 Å². The van der Waals surface area contributed by atoms with E-state index >= 15 is 0 Å². The number of likely N-dealkylation sites (tertiary alicyclic amines) is 1. The second kappa shape index (κ2) is 14.2. The molecule has 0 unspecified atom stereocenters. The Morgan fingerprint density at radius 2 is 1.92 bits per heavy atom. The maximum atomic E-state index is 13.0. The minimum atomic E-state index is -0.338. The average Bonchev–Trinajstić information content (AvgIpc) is 3.33. The highest BCUT2D eigenvalue weighted by Crippen LogP contribution is 2.28. The van der Waals surface area contributed by atoms with E-state index in [-0.39, 0.29) is 11.8 Å². The molecular formula is C29H41N5O3. The summed E-state index contributed by atoms with van der Waals surface area (Å²) in [5, 5.41) is 19.0. The Balaban J connectivity index is 0.00000235. The predicted molar refractivity (Wildman–Crippen MR) is 149 cm³/mol. The minimum absolute atomic E-state index is 0.136. The highest BCUT2D eigenvalue weighted by atomic mass is 16.5. The van der Waals surface area contributed by atoms with E-state index in [0.717, 1.165) is 36.0 Å². The SMILES string of the molecule is C=C(/C=C\C=C(/C)C(=N)N1CCCC1=N)NC(=O)c1cc2c(cc1OC)CCN(C(=O)CCC)C2.CC. The van der Waals surface area contributed by atoms with Crippen LogP contribution in [0.3, 0.4) is 0 Å². The van der Waals surface area contributed by atoms with Crippen LogP contribution in [0.4, 0.5) is 0 Å². The number of hydrogen-bond donors (Lipinski definition) is 3. The Hall–Kier alpha value is -3.68. The molecule has 37 heavy (non-hydrogen) atoms. The number of carbonyl (C=O) groups excluding carboxylic acids is 2. The third kappa shape index (κ3) is 7.65. The second-order valence-corrected chi connectivity index (χ2v) is 8.88. The molecule has 1 aromatic carbocycles. The summed E-state index contributed by atoms with van der Waals surface area (Å²) in [6.07, 6.45) is 8.83. The summed E-state index contributed by atoms with van der Waals surface area (Å²) in [4.78, 5) is 28.9. The molecule has 8 heteroatoms. The number of nitrogens with one attached hydrogen (secondary N) is 3. The minimum Gasteiger partial charge on any atom is -0.496 e. The van der Waals surface area contributed by atoms with E-state index in [4.69, 9.17) is 15.6 Å². The number of amidine groups is 2. The monoisotopic (exact) mass is 507 g/mol. The molecule has 1 aromatic rings. The number of amides is 2. The second-order valence-electron chi connectivity index (χ2n) is 8.88. The van der Waals surface area contributed by atoms with Crippen LogP contribution < -0.4 is 10.1 Å². The molecular weight excluding hydrogens is 466 g/mol. The summed E-state index contributed by atoms with van der Waals surface area (Å²) in [7, 11) is 1.54. The first-order valence-corrected chi connectivity index (χ1v) is 13.0. The van der Waals surface area contributed by atoms with Crippen LogP contribution in [0.15, 0.2) is 48.2 Å². The molecule has 0 aliphatic carbocycles. The van der Waals surface area contributed by atoms with Crippen molar-refractivity contribution in [1.29, 1.82) is 10.8 Å². The van der Waals surface area contributed by atoms with Crippen LogP contribution in [0, 0.1) is 10.8 Å². The molecule has 3 rings (SSSR count). The molecule has 1 fully saturated rings. The van der Waals surface area contributed by atoms with E-state index in [9.17, 15) is 9.59 Å². The van der Waals surface area contributed by atoms with Crippen molar-refractivity contribution in [2.24, 2.45) is 0 Å². The molecule has 3 N–H and O–H groups in total. The number of allylic oxidation sites excluding steroid dienone is 3. The zero-order valence-electron chi connectivity index (χ0n) is 22.9. The number of nitrogens with zero attached hydrogens (tertiary/aromatic N) is 2. The van der Waals surface area contributed by atoms with Gasteiger partial charge in [-0.1, -0.05) is 39.5 Å². The number of hydrogen-bond acceptors (Lipinski definition) is 5. The van der Waals surface area contributed by atoms with Crippen LogP contribution >= 0.6 is 0 Å². The molecule has 8 nitrogen and oxygen atoms in total. The molecule has 0 bridgehead atoms. The Kier molecular flexibility index (Phi) is 11.3. The predicted octanol–water partition coefficient (Wildman–Crippen LogP) is 5.20. The van der Waals surface area contributed by atoms with Gasteiger partial charge in [0.25, 0.3) is 5.91 Å². The third-order valence-electron chi connectivity index (χ3n) is 6.28. The van der Waals surface area contributed by atoms with Crippen molar-refractivity contribution in [3.05, 3.63) is 64.9 Å². The molecule has 2 aliphatic rings.